The maximum absolute atomic E-state index is 3.72. The van der Waals surface area contributed by atoms with E-state index in [0.717, 1.165) is 18.5 Å². The first-order valence-electron chi connectivity index (χ1n) is 7.62. The van der Waals surface area contributed by atoms with E-state index in [4.69, 9.17) is 0 Å². The van der Waals surface area contributed by atoms with E-state index >= 15 is 0 Å². The van der Waals surface area contributed by atoms with Gasteiger partial charge in [-0.2, -0.15) is 0 Å². The molecule has 0 aliphatic carbocycles. The third-order valence-corrected chi connectivity index (χ3v) is 4.08. The molecule has 2 nitrogen and oxygen atoms in total. The predicted octanol–water partition coefficient (Wildman–Crippen LogP) is 3.28. The summed E-state index contributed by atoms with van der Waals surface area (Å²) in [5.74, 6) is 0.733. The van der Waals surface area contributed by atoms with Gasteiger partial charge in [-0.25, -0.2) is 0 Å². The second kappa shape index (κ2) is 8.10. The molecular weight excluding hydrogens is 208 g/mol. The lowest BCUT2D eigenvalue weighted by atomic mass is 10.0. The van der Waals surface area contributed by atoms with E-state index in [1.807, 2.05) is 0 Å². The number of rotatable bonds is 6. The molecule has 17 heavy (non-hydrogen) atoms. The van der Waals surface area contributed by atoms with Crippen molar-refractivity contribution in [1.29, 1.82) is 0 Å². The highest BCUT2D eigenvalue weighted by atomic mass is 15.2. The minimum atomic E-state index is 0.662. The Morgan fingerprint density at radius 3 is 2.65 bits per heavy atom. The van der Waals surface area contributed by atoms with Gasteiger partial charge in [-0.05, 0) is 45.2 Å². The van der Waals surface area contributed by atoms with Crippen LogP contribution in [0, 0.1) is 5.92 Å². The van der Waals surface area contributed by atoms with E-state index in [-0.39, 0.29) is 0 Å². The van der Waals surface area contributed by atoms with Crippen molar-refractivity contribution < 1.29 is 0 Å². The van der Waals surface area contributed by atoms with E-state index in [2.05, 4.69) is 37.9 Å². The van der Waals surface area contributed by atoms with E-state index in [1.54, 1.807) is 0 Å². The highest BCUT2D eigenvalue weighted by Gasteiger charge is 2.21. The molecule has 1 aliphatic heterocycles. The van der Waals surface area contributed by atoms with E-state index in [9.17, 15) is 0 Å². The maximum atomic E-state index is 3.72. The van der Waals surface area contributed by atoms with Crippen molar-refractivity contribution >= 4 is 0 Å². The van der Waals surface area contributed by atoms with Crippen LogP contribution in [0.2, 0.25) is 0 Å². The fourth-order valence-corrected chi connectivity index (χ4v) is 2.70. The molecule has 1 rings (SSSR count). The summed E-state index contributed by atoms with van der Waals surface area (Å²) < 4.78 is 0. The highest BCUT2D eigenvalue weighted by molar-refractivity contribution is 4.79. The molecule has 1 N–H and O–H groups in total. The van der Waals surface area contributed by atoms with Crippen LogP contribution >= 0.6 is 0 Å². The van der Waals surface area contributed by atoms with Crippen molar-refractivity contribution in [2.24, 2.45) is 5.92 Å². The number of hydrogen-bond acceptors (Lipinski definition) is 2. The summed E-state index contributed by atoms with van der Waals surface area (Å²) in [4.78, 5) is 2.71. The van der Waals surface area contributed by atoms with E-state index < -0.39 is 0 Å². The van der Waals surface area contributed by atoms with Gasteiger partial charge >= 0.3 is 0 Å². The Bertz CT molecular complexity index is 191. The van der Waals surface area contributed by atoms with E-state index in [1.165, 1.54) is 45.2 Å². The lowest BCUT2D eigenvalue weighted by Gasteiger charge is -2.33. The summed E-state index contributed by atoms with van der Waals surface area (Å²) in [6.07, 6.45) is 6.86. The van der Waals surface area contributed by atoms with Crippen LogP contribution in [0.15, 0.2) is 0 Å². The van der Waals surface area contributed by atoms with Crippen LogP contribution in [0.4, 0.5) is 0 Å². The number of hydrogen-bond donors (Lipinski definition) is 1. The molecule has 1 heterocycles. The van der Waals surface area contributed by atoms with Crippen molar-refractivity contribution in [1.82, 2.24) is 10.2 Å². The highest BCUT2D eigenvalue weighted by Crippen LogP contribution is 2.17. The van der Waals surface area contributed by atoms with Gasteiger partial charge in [-0.1, -0.05) is 33.6 Å². The largest absolute Gasteiger partial charge is 0.312 e. The second-order valence-corrected chi connectivity index (χ2v) is 6.00. The molecule has 0 aromatic heterocycles. The second-order valence-electron chi connectivity index (χ2n) is 6.00. The molecule has 2 heteroatoms. The molecule has 0 spiro atoms. The molecule has 0 bridgehead atoms. The van der Waals surface area contributed by atoms with Gasteiger partial charge in [0, 0.05) is 18.6 Å². The average molecular weight is 240 g/mol. The maximum Gasteiger partial charge on any atom is 0.0218 e. The first-order chi connectivity index (χ1) is 8.15. The minimum Gasteiger partial charge on any atom is -0.312 e. The zero-order valence-corrected chi connectivity index (χ0v) is 12.3. The Balaban J connectivity index is 2.45. The third kappa shape index (κ3) is 5.39. The zero-order valence-electron chi connectivity index (χ0n) is 12.3. The van der Waals surface area contributed by atoms with Gasteiger partial charge in [0.15, 0.2) is 0 Å². The minimum absolute atomic E-state index is 0.662. The molecule has 1 saturated heterocycles. The van der Waals surface area contributed by atoms with Crippen LogP contribution in [-0.4, -0.2) is 36.6 Å². The normalized spacial score (nSPS) is 24.9. The van der Waals surface area contributed by atoms with Gasteiger partial charge in [-0.3, -0.25) is 4.90 Å². The van der Waals surface area contributed by atoms with Crippen LogP contribution in [0.1, 0.15) is 59.8 Å². The Morgan fingerprint density at radius 1 is 1.24 bits per heavy atom. The topological polar surface area (TPSA) is 15.3 Å². The molecular formula is C15H32N2. The van der Waals surface area contributed by atoms with Gasteiger partial charge < -0.3 is 5.32 Å². The monoisotopic (exact) mass is 240 g/mol. The summed E-state index contributed by atoms with van der Waals surface area (Å²) >= 11 is 0. The predicted molar refractivity (Wildman–Crippen MR) is 76.4 cm³/mol. The van der Waals surface area contributed by atoms with Crippen LogP contribution in [0.3, 0.4) is 0 Å². The third-order valence-electron chi connectivity index (χ3n) is 4.08. The van der Waals surface area contributed by atoms with Crippen molar-refractivity contribution in [3.8, 4) is 0 Å². The zero-order chi connectivity index (χ0) is 12.7. The Labute approximate surface area is 108 Å². The van der Waals surface area contributed by atoms with Gasteiger partial charge in [0.05, 0.1) is 0 Å². The fraction of sp³-hybridized carbons (Fsp3) is 1.00. The number of nitrogens with one attached hydrogen (secondary N) is 1. The summed E-state index contributed by atoms with van der Waals surface area (Å²) in [5.41, 5.74) is 0. The van der Waals surface area contributed by atoms with Crippen molar-refractivity contribution in [2.45, 2.75) is 71.9 Å². The smallest absolute Gasteiger partial charge is 0.0218 e. The quantitative estimate of drug-likeness (QED) is 0.766. The van der Waals surface area contributed by atoms with Gasteiger partial charge in [0.1, 0.15) is 0 Å². The summed E-state index contributed by atoms with van der Waals surface area (Å²) in [5, 5.41) is 3.72. The number of nitrogens with zero attached hydrogens (tertiary/aromatic N) is 1. The van der Waals surface area contributed by atoms with Crippen LogP contribution in [-0.2, 0) is 0 Å². The molecule has 2 atom stereocenters. The Morgan fingerprint density at radius 2 is 2.00 bits per heavy atom. The molecule has 0 amide bonds. The first-order valence-corrected chi connectivity index (χ1v) is 7.62. The van der Waals surface area contributed by atoms with Gasteiger partial charge in [0.2, 0.25) is 0 Å². The SMILES string of the molecule is CCCNC(CN1CCCCCC1C)C(C)C. The van der Waals surface area contributed by atoms with Gasteiger partial charge in [-0.15, -0.1) is 0 Å². The fourth-order valence-electron chi connectivity index (χ4n) is 2.70. The molecule has 1 fully saturated rings. The lowest BCUT2D eigenvalue weighted by Crippen LogP contribution is -2.47. The van der Waals surface area contributed by atoms with Crippen molar-refractivity contribution in [3.05, 3.63) is 0 Å². The molecule has 0 aromatic carbocycles. The summed E-state index contributed by atoms with van der Waals surface area (Å²) in [6.45, 7) is 13.0. The number of likely N-dealkylation sites (tertiary alicyclic amines) is 1. The molecule has 0 radical (unpaired) electrons. The summed E-state index contributed by atoms with van der Waals surface area (Å²) in [6, 6.07) is 1.44. The van der Waals surface area contributed by atoms with Crippen LogP contribution < -0.4 is 5.32 Å². The lowest BCUT2D eigenvalue weighted by molar-refractivity contribution is 0.173. The molecule has 102 valence electrons. The Kier molecular flexibility index (Phi) is 7.14. The van der Waals surface area contributed by atoms with E-state index in [0.29, 0.717) is 6.04 Å². The van der Waals surface area contributed by atoms with Crippen LogP contribution in [0.25, 0.3) is 0 Å². The summed E-state index contributed by atoms with van der Waals surface area (Å²) in [7, 11) is 0. The standard InChI is InChI=1S/C15H32N2/c1-5-10-16-15(13(2)3)12-17-11-8-6-7-9-14(17)4/h13-16H,5-12H2,1-4H3. The van der Waals surface area contributed by atoms with Crippen molar-refractivity contribution in [3.63, 3.8) is 0 Å². The Hall–Kier alpha value is -0.0800. The van der Waals surface area contributed by atoms with Gasteiger partial charge in [0.25, 0.3) is 0 Å². The average Bonchev–Trinajstić information content (AvgIpc) is 2.49. The molecule has 0 aromatic rings. The molecule has 0 saturated carbocycles. The molecule has 2 unspecified atom stereocenters. The van der Waals surface area contributed by atoms with Crippen LogP contribution in [0.5, 0.6) is 0 Å². The molecule has 1 aliphatic rings. The van der Waals surface area contributed by atoms with Crippen molar-refractivity contribution in [2.75, 3.05) is 19.6 Å². The first kappa shape index (κ1) is 15.0.